The molecule has 1 aliphatic heterocycles. The van der Waals surface area contributed by atoms with Gasteiger partial charge < -0.3 is 15.3 Å². The van der Waals surface area contributed by atoms with E-state index in [0.29, 0.717) is 17.9 Å². The molecule has 1 saturated carbocycles. The molecule has 3 atom stereocenters. The minimum atomic E-state index is 0.0129. The summed E-state index contributed by atoms with van der Waals surface area (Å²) in [5.74, 6) is 1.18. The van der Waals surface area contributed by atoms with E-state index in [0.717, 1.165) is 32.4 Å². The monoisotopic (exact) mass is 254 g/mol. The third-order valence-electron chi connectivity index (χ3n) is 4.34. The van der Waals surface area contributed by atoms with Crippen LogP contribution < -0.4 is 5.32 Å². The fourth-order valence-corrected chi connectivity index (χ4v) is 3.35. The molecule has 0 aromatic rings. The van der Waals surface area contributed by atoms with E-state index in [1.54, 1.807) is 0 Å². The highest BCUT2D eigenvalue weighted by atomic mass is 16.3. The molecule has 2 fully saturated rings. The number of nitrogens with zero attached hydrogens (tertiary/aromatic N) is 1. The van der Waals surface area contributed by atoms with Gasteiger partial charge in [-0.25, -0.2) is 0 Å². The largest absolute Gasteiger partial charge is 0.396 e. The van der Waals surface area contributed by atoms with Crippen molar-refractivity contribution in [1.82, 2.24) is 10.2 Å². The normalized spacial score (nSPS) is 32.8. The van der Waals surface area contributed by atoms with Gasteiger partial charge in [-0.15, -0.1) is 0 Å². The minimum absolute atomic E-state index is 0.0129. The van der Waals surface area contributed by atoms with Crippen LogP contribution in [0.2, 0.25) is 0 Å². The highest BCUT2D eigenvalue weighted by molar-refractivity contribution is 5.84. The third kappa shape index (κ3) is 3.04. The molecule has 0 aromatic carbocycles. The Morgan fingerprint density at radius 1 is 1.33 bits per heavy atom. The van der Waals surface area contributed by atoms with Gasteiger partial charge >= 0.3 is 0 Å². The third-order valence-corrected chi connectivity index (χ3v) is 4.34. The Hall–Kier alpha value is -0.610. The van der Waals surface area contributed by atoms with Gasteiger partial charge in [0.05, 0.1) is 6.04 Å². The van der Waals surface area contributed by atoms with Gasteiger partial charge in [-0.3, -0.25) is 4.79 Å². The summed E-state index contributed by atoms with van der Waals surface area (Å²) in [6, 6.07) is 0.370. The van der Waals surface area contributed by atoms with Crippen molar-refractivity contribution < 1.29 is 9.90 Å². The van der Waals surface area contributed by atoms with Crippen LogP contribution in [0.25, 0.3) is 0 Å². The zero-order valence-electron chi connectivity index (χ0n) is 11.6. The molecule has 1 amide bonds. The first kappa shape index (κ1) is 13.8. The molecule has 0 spiro atoms. The number of hydrogen-bond donors (Lipinski definition) is 2. The molecule has 0 radical (unpaired) electrons. The Morgan fingerprint density at radius 2 is 2.06 bits per heavy atom. The molecule has 0 bridgehead atoms. The molecule has 3 unspecified atom stereocenters. The lowest BCUT2D eigenvalue weighted by Crippen LogP contribution is -2.43. The van der Waals surface area contributed by atoms with E-state index in [2.05, 4.69) is 19.2 Å². The Morgan fingerprint density at radius 3 is 2.72 bits per heavy atom. The molecule has 2 rings (SSSR count). The van der Waals surface area contributed by atoms with Gasteiger partial charge in [-0.05, 0) is 31.1 Å². The molecule has 0 aromatic heterocycles. The summed E-state index contributed by atoms with van der Waals surface area (Å²) in [6.45, 7) is 6.15. The van der Waals surface area contributed by atoms with Crippen molar-refractivity contribution in [2.75, 3.05) is 19.7 Å². The number of rotatable bonds is 5. The summed E-state index contributed by atoms with van der Waals surface area (Å²) < 4.78 is 0. The fraction of sp³-hybridized carbons (Fsp3) is 0.929. The van der Waals surface area contributed by atoms with Crippen LogP contribution in [-0.4, -0.2) is 47.7 Å². The molecule has 2 N–H and O–H groups in total. The van der Waals surface area contributed by atoms with Crippen LogP contribution in [0.4, 0.5) is 0 Å². The lowest BCUT2D eigenvalue weighted by atomic mass is 9.96. The fourth-order valence-electron chi connectivity index (χ4n) is 3.35. The van der Waals surface area contributed by atoms with Crippen molar-refractivity contribution in [3.63, 3.8) is 0 Å². The number of hydrogen-bond acceptors (Lipinski definition) is 3. The maximum Gasteiger partial charge on any atom is 0.239 e. The van der Waals surface area contributed by atoms with Crippen molar-refractivity contribution in [2.24, 2.45) is 11.8 Å². The molecule has 18 heavy (non-hydrogen) atoms. The van der Waals surface area contributed by atoms with Crippen molar-refractivity contribution in [1.29, 1.82) is 0 Å². The SMILES string of the molecule is CC(C)NC1CCN(CC2CCCC2CO)C1=O. The first-order valence-electron chi connectivity index (χ1n) is 7.27. The van der Waals surface area contributed by atoms with Gasteiger partial charge in [0.25, 0.3) is 0 Å². The van der Waals surface area contributed by atoms with Crippen molar-refractivity contribution in [3.05, 3.63) is 0 Å². The lowest BCUT2D eigenvalue weighted by molar-refractivity contribution is -0.130. The topological polar surface area (TPSA) is 52.6 Å². The maximum absolute atomic E-state index is 12.2. The molecular formula is C14H26N2O2. The summed E-state index contributed by atoms with van der Waals surface area (Å²) in [5.41, 5.74) is 0. The number of aliphatic hydroxyl groups is 1. The number of carbonyl (C=O) groups is 1. The Bertz CT molecular complexity index is 294. The van der Waals surface area contributed by atoms with Crippen molar-refractivity contribution >= 4 is 5.91 Å². The summed E-state index contributed by atoms with van der Waals surface area (Å²) in [5, 5.41) is 12.7. The van der Waals surface area contributed by atoms with Gasteiger partial charge in [0.15, 0.2) is 0 Å². The van der Waals surface area contributed by atoms with Gasteiger partial charge in [0, 0.05) is 25.7 Å². The average Bonchev–Trinajstić information content (AvgIpc) is 2.90. The van der Waals surface area contributed by atoms with E-state index >= 15 is 0 Å². The van der Waals surface area contributed by atoms with Crippen LogP contribution in [0.1, 0.15) is 39.5 Å². The second-order valence-electron chi connectivity index (χ2n) is 6.08. The Kier molecular flexibility index (Phi) is 4.62. The second-order valence-corrected chi connectivity index (χ2v) is 6.08. The molecule has 104 valence electrons. The van der Waals surface area contributed by atoms with Crippen molar-refractivity contribution in [3.8, 4) is 0 Å². The number of amides is 1. The molecule has 4 nitrogen and oxygen atoms in total. The van der Waals surface area contributed by atoms with Gasteiger partial charge in [-0.2, -0.15) is 0 Å². The Labute approximate surface area is 110 Å². The lowest BCUT2D eigenvalue weighted by Gasteiger charge is -2.25. The zero-order chi connectivity index (χ0) is 13.1. The van der Waals surface area contributed by atoms with E-state index in [9.17, 15) is 9.90 Å². The zero-order valence-corrected chi connectivity index (χ0v) is 11.6. The summed E-state index contributed by atoms with van der Waals surface area (Å²) in [7, 11) is 0. The Balaban J connectivity index is 1.85. The van der Waals surface area contributed by atoms with Crippen LogP contribution in [-0.2, 0) is 4.79 Å². The standard InChI is InChI=1S/C14H26N2O2/c1-10(2)15-13-6-7-16(14(13)18)8-11-4-3-5-12(11)9-17/h10-13,15,17H,3-9H2,1-2H3. The molecule has 1 aliphatic carbocycles. The first-order valence-corrected chi connectivity index (χ1v) is 7.27. The number of carbonyl (C=O) groups excluding carboxylic acids is 1. The number of likely N-dealkylation sites (tertiary alicyclic amines) is 1. The molecule has 4 heteroatoms. The molecule has 1 saturated heterocycles. The predicted molar refractivity (Wildman–Crippen MR) is 71.2 cm³/mol. The smallest absolute Gasteiger partial charge is 0.239 e. The van der Waals surface area contributed by atoms with Crippen LogP contribution in [0.5, 0.6) is 0 Å². The van der Waals surface area contributed by atoms with Crippen molar-refractivity contribution in [2.45, 2.75) is 51.6 Å². The highest BCUT2D eigenvalue weighted by Crippen LogP contribution is 2.32. The molecular weight excluding hydrogens is 228 g/mol. The van der Waals surface area contributed by atoms with Gasteiger partial charge in [0.2, 0.25) is 5.91 Å². The highest BCUT2D eigenvalue weighted by Gasteiger charge is 2.35. The average molecular weight is 254 g/mol. The van der Waals surface area contributed by atoms with E-state index in [-0.39, 0.29) is 18.6 Å². The van der Waals surface area contributed by atoms with Crippen LogP contribution >= 0.6 is 0 Å². The van der Waals surface area contributed by atoms with Gasteiger partial charge in [-0.1, -0.05) is 20.3 Å². The second kappa shape index (κ2) is 6.02. The maximum atomic E-state index is 12.2. The van der Waals surface area contributed by atoms with E-state index < -0.39 is 0 Å². The van der Waals surface area contributed by atoms with E-state index in [4.69, 9.17) is 0 Å². The number of nitrogens with one attached hydrogen (secondary N) is 1. The van der Waals surface area contributed by atoms with Crippen LogP contribution in [0.15, 0.2) is 0 Å². The summed E-state index contributed by atoms with van der Waals surface area (Å²) >= 11 is 0. The van der Waals surface area contributed by atoms with Crippen LogP contribution in [0, 0.1) is 11.8 Å². The van der Waals surface area contributed by atoms with Crippen LogP contribution in [0.3, 0.4) is 0 Å². The predicted octanol–water partition coefficient (Wildman–Crippen LogP) is 0.994. The quantitative estimate of drug-likeness (QED) is 0.769. The number of aliphatic hydroxyl groups excluding tert-OH is 1. The van der Waals surface area contributed by atoms with E-state index in [1.165, 1.54) is 6.42 Å². The first-order chi connectivity index (χ1) is 8.61. The van der Waals surface area contributed by atoms with Gasteiger partial charge in [0.1, 0.15) is 0 Å². The van der Waals surface area contributed by atoms with E-state index in [1.807, 2.05) is 4.90 Å². The minimum Gasteiger partial charge on any atom is -0.396 e. The summed E-state index contributed by atoms with van der Waals surface area (Å²) in [4.78, 5) is 14.2. The molecule has 1 heterocycles. The summed E-state index contributed by atoms with van der Waals surface area (Å²) in [6.07, 6.45) is 4.41. The molecule has 2 aliphatic rings.